The molecule has 4 aromatic rings. The Morgan fingerprint density at radius 2 is 1.97 bits per heavy atom. The number of nitrogens with zero attached hydrogens (tertiary/aromatic N) is 7. The predicted octanol–water partition coefficient (Wildman–Crippen LogP) is 1.66. The number of aromatic nitrogens is 6. The third-order valence-corrected chi connectivity index (χ3v) is 5.35. The molecule has 0 spiro atoms. The molecule has 5 rings (SSSR count). The largest absolute Gasteiger partial charge is 0.354 e. The van der Waals surface area contributed by atoms with Crippen molar-refractivity contribution >= 4 is 22.5 Å². The highest BCUT2D eigenvalue weighted by Crippen LogP contribution is 2.20. The Morgan fingerprint density at radius 3 is 2.77 bits per heavy atom. The predicted molar refractivity (Wildman–Crippen MR) is 117 cm³/mol. The summed E-state index contributed by atoms with van der Waals surface area (Å²) in [4.78, 5) is 28.7. The molecule has 9 heteroatoms. The average molecular weight is 414 g/mol. The topological polar surface area (TPSA) is 102 Å². The van der Waals surface area contributed by atoms with Crippen molar-refractivity contribution in [1.29, 1.82) is 0 Å². The van der Waals surface area contributed by atoms with Gasteiger partial charge in [0, 0.05) is 56.6 Å². The number of fused-ring (bicyclic) bond motifs is 1. The Morgan fingerprint density at radius 1 is 1.10 bits per heavy atom. The lowest BCUT2D eigenvalue weighted by atomic mass is 10.1. The minimum Gasteiger partial charge on any atom is -0.354 e. The van der Waals surface area contributed by atoms with Gasteiger partial charge in [0.05, 0.1) is 29.5 Å². The maximum Gasteiger partial charge on any atom is 0.169 e. The summed E-state index contributed by atoms with van der Waals surface area (Å²) in [6, 6.07) is 9.35. The second kappa shape index (κ2) is 8.19. The number of pyridine rings is 3. The molecule has 0 aliphatic carbocycles. The van der Waals surface area contributed by atoms with Crippen LogP contribution < -0.4 is 10.2 Å². The fraction of sp³-hybridized carbons (Fsp3) is 0.273. The molecule has 0 radical (unpaired) electrons. The van der Waals surface area contributed by atoms with E-state index in [1.807, 2.05) is 37.5 Å². The van der Waals surface area contributed by atoms with E-state index in [4.69, 9.17) is 0 Å². The van der Waals surface area contributed by atoms with Crippen LogP contribution >= 0.6 is 0 Å². The van der Waals surface area contributed by atoms with Gasteiger partial charge in [0.2, 0.25) is 0 Å². The number of piperazine rings is 1. The van der Waals surface area contributed by atoms with Crippen molar-refractivity contribution in [2.75, 3.05) is 31.1 Å². The molecular formula is C22H22N8O. The second-order valence-electron chi connectivity index (χ2n) is 7.58. The molecule has 1 aliphatic heterocycles. The Kier molecular flexibility index (Phi) is 5.09. The third kappa shape index (κ3) is 4.13. The summed E-state index contributed by atoms with van der Waals surface area (Å²) in [6.45, 7) is 3.61. The van der Waals surface area contributed by atoms with Crippen LogP contribution in [0.1, 0.15) is 16.1 Å². The summed E-state index contributed by atoms with van der Waals surface area (Å²) >= 11 is 0. The fourth-order valence-corrected chi connectivity index (χ4v) is 3.69. The highest BCUT2D eigenvalue weighted by atomic mass is 16.1. The zero-order valence-corrected chi connectivity index (χ0v) is 17.2. The van der Waals surface area contributed by atoms with E-state index in [9.17, 15) is 4.79 Å². The van der Waals surface area contributed by atoms with Crippen LogP contribution in [0, 0.1) is 0 Å². The molecule has 0 atom stereocenters. The molecule has 0 unspecified atom stereocenters. The van der Waals surface area contributed by atoms with E-state index >= 15 is 0 Å². The van der Waals surface area contributed by atoms with Gasteiger partial charge in [-0.3, -0.25) is 14.5 Å². The lowest BCUT2D eigenvalue weighted by molar-refractivity contribution is 0.0992. The molecule has 1 N–H and O–H groups in total. The zero-order chi connectivity index (χ0) is 21.2. The zero-order valence-electron chi connectivity index (χ0n) is 17.2. The number of rotatable bonds is 5. The first-order chi connectivity index (χ1) is 15.2. The number of aryl methyl sites for hydroxylation is 1. The normalized spacial score (nSPS) is 14.2. The molecule has 4 aromatic heterocycles. The van der Waals surface area contributed by atoms with Gasteiger partial charge in [-0.05, 0) is 30.3 Å². The summed E-state index contributed by atoms with van der Waals surface area (Å²) in [6.07, 6.45) is 5.48. The molecule has 1 fully saturated rings. The van der Waals surface area contributed by atoms with Crippen LogP contribution in [0.25, 0.3) is 22.3 Å². The average Bonchev–Trinajstić information content (AvgIpc) is 3.25. The molecule has 1 aliphatic rings. The van der Waals surface area contributed by atoms with Gasteiger partial charge in [0.15, 0.2) is 5.78 Å². The van der Waals surface area contributed by atoms with Crippen molar-refractivity contribution in [3.63, 3.8) is 0 Å². The van der Waals surface area contributed by atoms with Gasteiger partial charge in [-0.1, -0.05) is 5.21 Å². The minimum atomic E-state index is 0.00992. The number of anilines is 1. The monoisotopic (exact) mass is 414 g/mol. The summed E-state index contributed by atoms with van der Waals surface area (Å²) in [7, 11) is 1.82. The fourth-order valence-electron chi connectivity index (χ4n) is 3.69. The van der Waals surface area contributed by atoms with Gasteiger partial charge in [-0.2, -0.15) is 0 Å². The molecule has 31 heavy (non-hydrogen) atoms. The maximum atomic E-state index is 12.9. The number of Topliss-reactive ketones (excluding diaryl/α,β-unsaturated/α-hetero) is 1. The molecule has 0 amide bonds. The van der Waals surface area contributed by atoms with E-state index in [-0.39, 0.29) is 12.2 Å². The van der Waals surface area contributed by atoms with Crippen LogP contribution in [0.15, 0.2) is 48.9 Å². The van der Waals surface area contributed by atoms with Gasteiger partial charge < -0.3 is 10.2 Å². The van der Waals surface area contributed by atoms with E-state index in [1.165, 1.54) is 0 Å². The first kappa shape index (κ1) is 19.3. The highest BCUT2D eigenvalue weighted by Gasteiger charge is 2.15. The summed E-state index contributed by atoms with van der Waals surface area (Å²) < 4.78 is 1.64. The van der Waals surface area contributed by atoms with Gasteiger partial charge in [-0.25, -0.2) is 9.97 Å². The lowest BCUT2D eigenvalue weighted by Crippen LogP contribution is -2.43. The molecule has 0 bridgehead atoms. The summed E-state index contributed by atoms with van der Waals surface area (Å²) in [5, 5.41) is 12.3. The molecule has 1 saturated heterocycles. The van der Waals surface area contributed by atoms with Crippen molar-refractivity contribution < 1.29 is 4.79 Å². The molecular weight excluding hydrogens is 392 g/mol. The van der Waals surface area contributed by atoms with Gasteiger partial charge in [-0.15, -0.1) is 5.10 Å². The van der Waals surface area contributed by atoms with Crippen LogP contribution in [-0.4, -0.2) is 61.9 Å². The smallest absolute Gasteiger partial charge is 0.169 e. The number of ketones is 1. The quantitative estimate of drug-likeness (QED) is 0.492. The Hall–Kier alpha value is -3.72. The first-order valence-corrected chi connectivity index (χ1v) is 10.2. The van der Waals surface area contributed by atoms with Crippen LogP contribution in [0.5, 0.6) is 0 Å². The van der Waals surface area contributed by atoms with Crippen LogP contribution in [0.4, 0.5) is 5.82 Å². The van der Waals surface area contributed by atoms with Crippen molar-refractivity contribution in [3.05, 3.63) is 60.2 Å². The number of nitrogens with one attached hydrogen (secondary N) is 1. The Balaban J connectivity index is 1.37. The van der Waals surface area contributed by atoms with Crippen molar-refractivity contribution in [1.82, 2.24) is 35.3 Å². The first-order valence-electron chi connectivity index (χ1n) is 10.2. The lowest BCUT2D eigenvalue weighted by Gasteiger charge is -2.28. The van der Waals surface area contributed by atoms with Gasteiger partial charge in [0.1, 0.15) is 11.5 Å². The summed E-state index contributed by atoms with van der Waals surface area (Å²) in [5.41, 5.74) is 3.54. The van der Waals surface area contributed by atoms with Crippen molar-refractivity contribution in [2.45, 2.75) is 6.42 Å². The van der Waals surface area contributed by atoms with Gasteiger partial charge in [0.25, 0.3) is 0 Å². The number of hydrogen-bond donors (Lipinski definition) is 1. The molecule has 5 heterocycles. The van der Waals surface area contributed by atoms with E-state index < -0.39 is 0 Å². The van der Waals surface area contributed by atoms with Crippen LogP contribution in [0.2, 0.25) is 0 Å². The highest BCUT2D eigenvalue weighted by molar-refractivity contribution is 5.98. The third-order valence-electron chi connectivity index (χ3n) is 5.35. The second-order valence-corrected chi connectivity index (χ2v) is 7.58. The number of hydrogen-bond acceptors (Lipinski definition) is 8. The molecule has 0 aromatic carbocycles. The van der Waals surface area contributed by atoms with E-state index in [1.54, 1.807) is 23.1 Å². The molecule has 9 nitrogen and oxygen atoms in total. The van der Waals surface area contributed by atoms with Gasteiger partial charge >= 0.3 is 0 Å². The van der Waals surface area contributed by atoms with E-state index in [0.29, 0.717) is 17.0 Å². The van der Waals surface area contributed by atoms with E-state index in [2.05, 4.69) is 35.5 Å². The maximum absolute atomic E-state index is 12.9. The number of carbonyl (C=O) groups excluding carboxylic acids is 1. The van der Waals surface area contributed by atoms with Crippen LogP contribution in [-0.2, 0) is 13.5 Å². The Bertz CT molecular complexity index is 1250. The van der Waals surface area contributed by atoms with E-state index in [0.717, 1.165) is 48.6 Å². The SMILES string of the molecule is Cn1cc(-c2ccc3cnc(CC(=O)c4ccnc(N5CCNCC5)c4)cc3n2)nn1. The summed E-state index contributed by atoms with van der Waals surface area (Å²) in [5.74, 6) is 0.852. The van der Waals surface area contributed by atoms with Crippen molar-refractivity contribution in [2.24, 2.45) is 7.05 Å². The standard InChI is InChI=1S/C22H22N8O/c1-29-14-20(27-28-29)18-3-2-16-13-25-17(11-19(16)26-18)12-21(31)15-4-5-24-22(10-15)30-8-6-23-7-9-30/h2-5,10-11,13-14,23H,6-9,12H2,1H3. The minimum absolute atomic E-state index is 0.00992. The van der Waals surface area contributed by atoms with Crippen LogP contribution in [0.3, 0.4) is 0 Å². The Labute approximate surface area is 179 Å². The number of carbonyl (C=O) groups is 1. The molecule has 0 saturated carbocycles. The van der Waals surface area contributed by atoms with Crippen molar-refractivity contribution in [3.8, 4) is 11.4 Å². The molecule has 156 valence electrons.